The number of hydrogen-bond acceptors (Lipinski definition) is 4. The molecule has 0 aromatic carbocycles. The van der Waals surface area contributed by atoms with Crippen molar-refractivity contribution in [2.45, 2.75) is 51.6 Å². The predicted molar refractivity (Wildman–Crippen MR) is 73.3 cm³/mol. The second-order valence-corrected chi connectivity index (χ2v) is 5.91. The van der Waals surface area contributed by atoms with Gasteiger partial charge in [0.2, 0.25) is 11.8 Å². The number of imide groups is 1. The van der Waals surface area contributed by atoms with Crippen LogP contribution in [0.5, 0.6) is 0 Å². The molecular formula is C14H25N3O2. The molecule has 4 atom stereocenters. The Balaban J connectivity index is 2.15. The number of carbonyl (C=O) groups excluding carboxylic acids is 2. The van der Waals surface area contributed by atoms with Gasteiger partial charge in [0.15, 0.2) is 0 Å². The number of amides is 2. The van der Waals surface area contributed by atoms with Crippen LogP contribution in [0, 0.1) is 11.8 Å². The van der Waals surface area contributed by atoms with E-state index in [1.54, 1.807) is 0 Å². The second-order valence-electron chi connectivity index (χ2n) is 5.91. The molecule has 2 aliphatic rings. The van der Waals surface area contributed by atoms with E-state index in [1.165, 1.54) is 6.42 Å². The van der Waals surface area contributed by atoms with Crippen molar-refractivity contribution in [1.29, 1.82) is 0 Å². The van der Waals surface area contributed by atoms with Gasteiger partial charge in [-0.25, -0.2) is 0 Å². The third kappa shape index (κ3) is 2.98. The van der Waals surface area contributed by atoms with Crippen molar-refractivity contribution in [3.8, 4) is 0 Å². The zero-order valence-electron chi connectivity index (χ0n) is 11.9. The van der Waals surface area contributed by atoms with E-state index in [-0.39, 0.29) is 23.9 Å². The Hall–Kier alpha value is -0.940. The molecule has 0 spiro atoms. The summed E-state index contributed by atoms with van der Waals surface area (Å²) >= 11 is 0. The summed E-state index contributed by atoms with van der Waals surface area (Å²) < 4.78 is 0. The summed E-state index contributed by atoms with van der Waals surface area (Å²) in [7, 11) is 0. The fourth-order valence-corrected chi connectivity index (χ4v) is 3.49. The van der Waals surface area contributed by atoms with Gasteiger partial charge >= 0.3 is 0 Å². The summed E-state index contributed by atoms with van der Waals surface area (Å²) in [5, 5.41) is 2.41. The topological polar surface area (TPSA) is 75.4 Å². The lowest BCUT2D eigenvalue weighted by Gasteiger charge is -2.45. The summed E-state index contributed by atoms with van der Waals surface area (Å²) in [5.74, 6) is 0.743. The fraction of sp³-hybridized carbons (Fsp3) is 0.857. The van der Waals surface area contributed by atoms with Gasteiger partial charge in [0.05, 0.1) is 12.6 Å². The fourth-order valence-electron chi connectivity index (χ4n) is 3.49. The lowest BCUT2D eigenvalue weighted by Crippen LogP contribution is -2.62. The number of nitrogens with zero attached hydrogens (tertiary/aromatic N) is 1. The minimum absolute atomic E-state index is 0.175. The van der Waals surface area contributed by atoms with Crippen LogP contribution in [0.1, 0.15) is 39.5 Å². The summed E-state index contributed by atoms with van der Waals surface area (Å²) in [4.78, 5) is 25.5. The number of nitrogens with two attached hydrogens (primary N) is 1. The van der Waals surface area contributed by atoms with E-state index < -0.39 is 0 Å². The van der Waals surface area contributed by atoms with Crippen LogP contribution in [-0.2, 0) is 9.59 Å². The third-order valence-corrected chi connectivity index (χ3v) is 4.84. The van der Waals surface area contributed by atoms with E-state index in [0.717, 1.165) is 19.3 Å². The molecule has 1 saturated carbocycles. The highest BCUT2D eigenvalue weighted by molar-refractivity contribution is 6.00. The molecule has 2 rings (SSSR count). The Morgan fingerprint density at radius 1 is 1.37 bits per heavy atom. The molecule has 19 heavy (non-hydrogen) atoms. The van der Waals surface area contributed by atoms with Gasteiger partial charge in [-0.05, 0) is 38.1 Å². The van der Waals surface area contributed by atoms with Crippen LogP contribution < -0.4 is 11.1 Å². The second kappa shape index (κ2) is 6.01. The quantitative estimate of drug-likeness (QED) is 0.730. The summed E-state index contributed by atoms with van der Waals surface area (Å²) in [6.07, 6.45) is 4.55. The molecule has 4 unspecified atom stereocenters. The Morgan fingerprint density at radius 2 is 2.11 bits per heavy atom. The zero-order valence-corrected chi connectivity index (χ0v) is 11.9. The molecule has 1 heterocycles. The van der Waals surface area contributed by atoms with Crippen molar-refractivity contribution in [2.75, 3.05) is 13.1 Å². The first-order valence-electron chi connectivity index (χ1n) is 7.36. The Bertz CT molecular complexity index is 359. The smallest absolute Gasteiger partial charge is 0.243 e. The molecule has 0 radical (unpaired) electrons. The normalized spacial score (nSPS) is 37.2. The van der Waals surface area contributed by atoms with Crippen molar-refractivity contribution >= 4 is 11.8 Å². The molecule has 0 bridgehead atoms. The van der Waals surface area contributed by atoms with Gasteiger partial charge < -0.3 is 5.73 Å². The maximum absolute atomic E-state index is 11.8. The molecule has 3 N–H and O–H groups in total. The molecule has 1 aliphatic carbocycles. The van der Waals surface area contributed by atoms with Gasteiger partial charge in [-0.15, -0.1) is 0 Å². The first-order chi connectivity index (χ1) is 9.06. The summed E-state index contributed by atoms with van der Waals surface area (Å²) in [5.41, 5.74) is 5.89. The predicted octanol–water partition coefficient (Wildman–Crippen LogP) is 0.487. The van der Waals surface area contributed by atoms with Crippen LogP contribution in [0.25, 0.3) is 0 Å². The summed E-state index contributed by atoms with van der Waals surface area (Å²) in [6.45, 7) is 5.05. The average Bonchev–Trinajstić information content (AvgIpc) is 2.42. The molecule has 1 saturated heterocycles. The molecule has 0 aromatic heterocycles. The highest BCUT2D eigenvalue weighted by Crippen LogP contribution is 2.34. The van der Waals surface area contributed by atoms with Gasteiger partial charge in [0, 0.05) is 6.04 Å². The number of nitrogens with one attached hydrogen (secondary N) is 1. The Labute approximate surface area is 114 Å². The van der Waals surface area contributed by atoms with Crippen LogP contribution in [0.4, 0.5) is 0 Å². The first kappa shape index (κ1) is 14.5. The van der Waals surface area contributed by atoms with Crippen LogP contribution in [0.3, 0.4) is 0 Å². The Kier molecular flexibility index (Phi) is 4.58. The van der Waals surface area contributed by atoms with Crippen LogP contribution in [-0.4, -0.2) is 41.9 Å². The van der Waals surface area contributed by atoms with Gasteiger partial charge in [-0.2, -0.15) is 0 Å². The molecule has 2 amide bonds. The average molecular weight is 267 g/mol. The lowest BCUT2D eigenvalue weighted by atomic mass is 9.76. The monoisotopic (exact) mass is 267 g/mol. The molecule has 108 valence electrons. The minimum Gasteiger partial charge on any atom is -0.330 e. The van der Waals surface area contributed by atoms with Crippen LogP contribution in [0.2, 0.25) is 0 Å². The Morgan fingerprint density at radius 3 is 2.74 bits per heavy atom. The summed E-state index contributed by atoms with van der Waals surface area (Å²) in [6, 6.07) is 0.0426. The van der Waals surface area contributed by atoms with E-state index in [4.69, 9.17) is 5.73 Å². The highest BCUT2D eigenvalue weighted by atomic mass is 16.2. The standard InChI is InChI=1S/C14H25N3O2/c1-3-10-4-5-11(7-15)12(6-10)17-8-13(18)16-14(19)9(17)2/h9-12H,3-8,15H2,1-2H3,(H,16,18,19). The zero-order chi connectivity index (χ0) is 14.0. The van der Waals surface area contributed by atoms with Crippen molar-refractivity contribution in [1.82, 2.24) is 10.2 Å². The SMILES string of the molecule is CCC1CCC(CN)C(N2CC(=O)NC(=O)C2C)C1. The van der Waals surface area contributed by atoms with Crippen LogP contribution in [0.15, 0.2) is 0 Å². The first-order valence-corrected chi connectivity index (χ1v) is 7.36. The number of rotatable bonds is 3. The van der Waals surface area contributed by atoms with Crippen molar-refractivity contribution in [2.24, 2.45) is 17.6 Å². The maximum atomic E-state index is 11.8. The van der Waals surface area contributed by atoms with Gasteiger partial charge in [0.1, 0.15) is 0 Å². The molecular weight excluding hydrogens is 242 g/mol. The number of carbonyl (C=O) groups is 2. The van der Waals surface area contributed by atoms with Crippen molar-refractivity contribution in [3.63, 3.8) is 0 Å². The van der Waals surface area contributed by atoms with Gasteiger partial charge in [0.25, 0.3) is 0 Å². The van der Waals surface area contributed by atoms with Crippen LogP contribution >= 0.6 is 0 Å². The lowest BCUT2D eigenvalue weighted by molar-refractivity contribution is -0.142. The van der Waals surface area contributed by atoms with E-state index >= 15 is 0 Å². The maximum Gasteiger partial charge on any atom is 0.243 e. The molecule has 2 fully saturated rings. The molecule has 5 heteroatoms. The molecule has 5 nitrogen and oxygen atoms in total. The van der Waals surface area contributed by atoms with E-state index in [1.807, 2.05) is 6.92 Å². The minimum atomic E-state index is -0.229. The van der Waals surface area contributed by atoms with E-state index in [9.17, 15) is 9.59 Å². The molecule has 0 aromatic rings. The molecule has 1 aliphatic heterocycles. The number of hydrogen-bond donors (Lipinski definition) is 2. The van der Waals surface area contributed by atoms with Gasteiger partial charge in [-0.1, -0.05) is 19.8 Å². The number of piperazine rings is 1. The van der Waals surface area contributed by atoms with Crippen molar-refractivity contribution < 1.29 is 9.59 Å². The largest absolute Gasteiger partial charge is 0.330 e. The third-order valence-electron chi connectivity index (χ3n) is 4.84. The van der Waals surface area contributed by atoms with E-state index in [2.05, 4.69) is 17.1 Å². The highest BCUT2D eigenvalue weighted by Gasteiger charge is 2.40. The van der Waals surface area contributed by atoms with Gasteiger partial charge in [-0.3, -0.25) is 19.8 Å². The van der Waals surface area contributed by atoms with Crippen molar-refractivity contribution in [3.05, 3.63) is 0 Å². The van der Waals surface area contributed by atoms with E-state index in [0.29, 0.717) is 24.9 Å².